The number of rotatable bonds is 10. The summed E-state index contributed by atoms with van der Waals surface area (Å²) in [4.78, 5) is 0. The summed E-state index contributed by atoms with van der Waals surface area (Å²) in [7, 11) is 1.65. The van der Waals surface area contributed by atoms with Gasteiger partial charge in [0.05, 0.1) is 26.9 Å². The van der Waals surface area contributed by atoms with Gasteiger partial charge in [0.25, 0.3) is 0 Å². The third-order valence-electron chi connectivity index (χ3n) is 2.43. The van der Waals surface area contributed by atoms with Crippen LogP contribution in [0.5, 0.6) is 11.5 Å². The van der Waals surface area contributed by atoms with Crippen molar-refractivity contribution in [1.82, 2.24) is 0 Å². The zero-order valence-electron chi connectivity index (χ0n) is 11.1. The van der Waals surface area contributed by atoms with Crippen molar-refractivity contribution in [2.75, 3.05) is 46.6 Å². The first-order chi connectivity index (χ1) is 8.86. The van der Waals surface area contributed by atoms with Crippen molar-refractivity contribution in [1.29, 1.82) is 0 Å². The zero-order chi connectivity index (χ0) is 13.1. The van der Waals surface area contributed by atoms with Gasteiger partial charge in [0.1, 0.15) is 31.2 Å². The highest BCUT2D eigenvalue weighted by molar-refractivity contribution is 5.31. The van der Waals surface area contributed by atoms with Gasteiger partial charge in [0.2, 0.25) is 0 Å². The number of benzene rings is 1. The second-order valence-electron chi connectivity index (χ2n) is 3.86. The van der Waals surface area contributed by atoms with Gasteiger partial charge >= 0.3 is 0 Å². The smallest absolute Gasteiger partial charge is 0.125 e. The first-order valence-corrected chi connectivity index (χ1v) is 6.32. The Morgan fingerprint density at radius 1 is 1.00 bits per heavy atom. The van der Waals surface area contributed by atoms with E-state index in [1.807, 2.05) is 24.3 Å². The first kappa shape index (κ1) is 14.8. The SMILES string of the molecule is COc1ccc(OCCOCC[NH2+]CC[NH3+])cc1. The highest BCUT2D eigenvalue weighted by Crippen LogP contribution is 2.16. The van der Waals surface area contributed by atoms with Gasteiger partial charge in [-0.25, -0.2) is 0 Å². The first-order valence-electron chi connectivity index (χ1n) is 6.32. The van der Waals surface area contributed by atoms with Gasteiger partial charge in [-0.15, -0.1) is 0 Å². The molecule has 0 aromatic heterocycles. The molecule has 0 aliphatic heterocycles. The Bertz CT molecular complexity index is 304. The van der Waals surface area contributed by atoms with Crippen molar-refractivity contribution in [2.45, 2.75) is 0 Å². The molecular weight excluding hydrogens is 232 g/mol. The summed E-state index contributed by atoms with van der Waals surface area (Å²) in [6, 6.07) is 7.54. The molecule has 0 radical (unpaired) electrons. The van der Waals surface area contributed by atoms with E-state index in [1.54, 1.807) is 7.11 Å². The molecule has 102 valence electrons. The molecule has 0 spiro atoms. The number of hydrogen-bond donors (Lipinski definition) is 2. The number of ether oxygens (including phenoxy) is 3. The molecule has 5 heteroatoms. The van der Waals surface area contributed by atoms with Crippen molar-refractivity contribution in [3.63, 3.8) is 0 Å². The van der Waals surface area contributed by atoms with E-state index in [-0.39, 0.29) is 0 Å². The van der Waals surface area contributed by atoms with Crippen LogP contribution in [0.25, 0.3) is 0 Å². The summed E-state index contributed by atoms with van der Waals surface area (Å²) in [5.74, 6) is 1.67. The molecule has 0 saturated carbocycles. The standard InChI is InChI=1S/C13H22N2O3/c1-16-12-2-4-13(5-3-12)18-11-10-17-9-8-15-7-6-14/h2-5,15H,6-11,14H2,1H3/p+2. The lowest BCUT2D eigenvalue weighted by Crippen LogP contribution is -2.88. The molecule has 18 heavy (non-hydrogen) atoms. The monoisotopic (exact) mass is 256 g/mol. The molecule has 0 saturated heterocycles. The van der Waals surface area contributed by atoms with Crippen LogP contribution < -0.4 is 20.5 Å². The van der Waals surface area contributed by atoms with E-state index in [0.717, 1.165) is 37.7 Å². The van der Waals surface area contributed by atoms with E-state index in [2.05, 4.69) is 11.1 Å². The fourth-order valence-electron chi connectivity index (χ4n) is 1.45. The molecule has 0 heterocycles. The molecule has 1 rings (SSSR count). The normalized spacial score (nSPS) is 10.3. The summed E-state index contributed by atoms with van der Waals surface area (Å²) < 4.78 is 16.0. The zero-order valence-corrected chi connectivity index (χ0v) is 11.1. The van der Waals surface area contributed by atoms with Crippen LogP contribution in [0.15, 0.2) is 24.3 Å². The summed E-state index contributed by atoms with van der Waals surface area (Å²) in [5.41, 5.74) is 3.78. The van der Waals surface area contributed by atoms with E-state index >= 15 is 0 Å². The molecule has 1 aromatic carbocycles. The molecule has 0 fully saturated rings. The van der Waals surface area contributed by atoms with E-state index in [4.69, 9.17) is 14.2 Å². The van der Waals surface area contributed by atoms with Crippen molar-refractivity contribution in [3.8, 4) is 11.5 Å². The fraction of sp³-hybridized carbons (Fsp3) is 0.538. The minimum Gasteiger partial charge on any atom is -0.497 e. The Hall–Kier alpha value is -1.30. The van der Waals surface area contributed by atoms with E-state index in [1.165, 1.54) is 0 Å². The Morgan fingerprint density at radius 3 is 2.39 bits per heavy atom. The summed E-state index contributed by atoms with van der Waals surface area (Å²) in [5, 5.41) is 2.21. The van der Waals surface area contributed by atoms with Crippen LogP contribution in [0.2, 0.25) is 0 Å². The Morgan fingerprint density at radius 2 is 1.72 bits per heavy atom. The predicted octanol–water partition coefficient (Wildman–Crippen LogP) is -1.10. The van der Waals surface area contributed by atoms with Gasteiger partial charge in [-0.2, -0.15) is 0 Å². The van der Waals surface area contributed by atoms with E-state index in [9.17, 15) is 0 Å². The van der Waals surface area contributed by atoms with Crippen LogP contribution in [0.3, 0.4) is 0 Å². The van der Waals surface area contributed by atoms with Gasteiger partial charge in [-0.05, 0) is 24.3 Å². The fourth-order valence-corrected chi connectivity index (χ4v) is 1.45. The molecule has 1 aromatic rings. The Balaban J connectivity index is 2.00. The molecular formula is C13H24N2O3+2. The summed E-state index contributed by atoms with van der Waals surface area (Å²) in [6.45, 7) is 4.95. The van der Waals surface area contributed by atoms with Crippen LogP contribution in [-0.4, -0.2) is 46.6 Å². The van der Waals surface area contributed by atoms with Crippen LogP contribution in [-0.2, 0) is 4.74 Å². The summed E-state index contributed by atoms with van der Waals surface area (Å²) >= 11 is 0. The number of quaternary nitrogens is 2. The van der Waals surface area contributed by atoms with Gasteiger partial charge in [0, 0.05) is 0 Å². The molecule has 0 amide bonds. The third-order valence-corrected chi connectivity index (χ3v) is 2.43. The van der Waals surface area contributed by atoms with Gasteiger partial charge in [-0.3, -0.25) is 0 Å². The summed E-state index contributed by atoms with van der Waals surface area (Å²) in [6.07, 6.45) is 0. The minimum absolute atomic E-state index is 0.571. The van der Waals surface area contributed by atoms with Gasteiger partial charge in [0.15, 0.2) is 0 Å². The molecule has 0 aliphatic rings. The lowest BCUT2D eigenvalue weighted by atomic mass is 10.3. The molecule has 5 N–H and O–H groups in total. The molecule has 0 atom stereocenters. The van der Waals surface area contributed by atoms with Crippen molar-refractivity contribution in [2.24, 2.45) is 0 Å². The van der Waals surface area contributed by atoms with Crippen LogP contribution in [0, 0.1) is 0 Å². The van der Waals surface area contributed by atoms with Crippen LogP contribution in [0.1, 0.15) is 0 Å². The maximum absolute atomic E-state index is 5.53. The highest BCUT2D eigenvalue weighted by Gasteiger charge is 1.96. The second-order valence-corrected chi connectivity index (χ2v) is 3.86. The van der Waals surface area contributed by atoms with Crippen molar-refractivity contribution < 1.29 is 25.3 Å². The van der Waals surface area contributed by atoms with Crippen LogP contribution in [0.4, 0.5) is 0 Å². The lowest BCUT2D eigenvalue weighted by Gasteiger charge is -2.07. The number of methoxy groups -OCH3 is 1. The van der Waals surface area contributed by atoms with Gasteiger partial charge in [-0.1, -0.05) is 0 Å². The highest BCUT2D eigenvalue weighted by atomic mass is 16.5. The largest absolute Gasteiger partial charge is 0.497 e. The Kier molecular flexibility index (Phi) is 7.96. The van der Waals surface area contributed by atoms with E-state index < -0.39 is 0 Å². The molecule has 0 bridgehead atoms. The molecule has 0 aliphatic carbocycles. The van der Waals surface area contributed by atoms with Crippen molar-refractivity contribution in [3.05, 3.63) is 24.3 Å². The van der Waals surface area contributed by atoms with Crippen LogP contribution >= 0.6 is 0 Å². The molecule has 0 unspecified atom stereocenters. The lowest BCUT2D eigenvalue weighted by molar-refractivity contribution is -0.671. The predicted molar refractivity (Wildman–Crippen MR) is 68.7 cm³/mol. The van der Waals surface area contributed by atoms with E-state index in [0.29, 0.717) is 13.2 Å². The molecule has 5 nitrogen and oxygen atoms in total. The maximum Gasteiger partial charge on any atom is 0.125 e. The number of nitrogens with two attached hydrogens (primary N) is 1. The third kappa shape index (κ3) is 6.44. The maximum atomic E-state index is 5.53. The Labute approximate surface area is 108 Å². The number of hydrogen-bond acceptors (Lipinski definition) is 3. The average molecular weight is 256 g/mol. The quantitative estimate of drug-likeness (QED) is 0.522. The topological polar surface area (TPSA) is 71.9 Å². The minimum atomic E-state index is 0.571. The van der Waals surface area contributed by atoms with Gasteiger partial charge < -0.3 is 25.3 Å². The van der Waals surface area contributed by atoms with Crippen molar-refractivity contribution >= 4 is 0 Å². The second kappa shape index (κ2) is 9.70. The average Bonchev–Trinajstić information content (AvgIpc) is 2.42.